The van der Waals surface area contributed by atoms with E-state index in [1.54, 1.807) is 0 Å². The van der Waals surface area contributed by atoms with Gasteiger partial charge in [-0.1, -0.05) is 12.1 Å². The summed E-state index contributed by atoms with van der Waals surface area (Å²) in [5.74, 6) is -0.861. The molecule has 1 aromatic heterocycles. The van der Waals surface area contributed by atoms with E-state index >= 15 is 0 Å². The minimum Gasteiger partial charge on any atom is -0.481 e. The maximum Gasteiger partial charge on any atom is 0.309 e. The van der Waals surface area contributed by atoms with E-state index in [2.05, 4.69) is 11.1 Å². The number of likely N-dealkylation sites (tertiary alicyclic amines) is 1. The van der Waals surface area contributed by atoms with Crippen LogP contribution in [-0.4, -0.2) is 52.7 Å². The van der Waals surface area contributed by atoms with Gasteiger partial charge >= 0.3 is 5.97 Å². The first-order valence-corrected chi connectivity index (χ1v) is 10.9. The number of aromatic amines is 1. The van der Waals surface area contributed by atoms with Crippen molar-refractivity contribution in [2.45, 2.75) is 51.0 Å². The standard InChI is InChI=1S/C23H28N2O4/c26-22(17-6-3-5-16-15-4-1-2-7-19(15)24-20(16)17)25-11-8-14(9-12-25)21-18(23(27)28)10-13-29-21/h3,5-6,14,18,21,24H,1-2,4,7-13H2,(H,27,28)/t18-,21+/m1/s1. The molecular formula is C23H28N2O4. The molecule has 2 aliphatic heterocycles. The van der Waals surface area contributed by atoms with Gasteiger partial charge in [0.15, 0.2) is 0 Å². The largest absolute Gasteiger partial charge is 0.481 e. The molecule has 154 valence electrons. The molecule has 3 heterocycles. The highest BCUT2D eigenvalue weighted by atomic mass is 16.5. The number of ether oxygens (including phenoxy) is 1. The Morgan fingerprint density at radius 1 is 1.10 bits per heavy atom. The van der Waals surface area contributed by atoms with Crippen LogP contribution in [0.2, 0.25) is 0 Å². The molecule has 6 nitrogen and oxygen atoms in total. The van der Waals surface area contributed by atoms with Gasteiger partial charge in [-0.15, -0.1) is 0 Å². The summed E-state index contributed by atoms with van der Waals surface area (Å²) in [5.41, 5.74) is 4.42. The first-order valence-electron chi connectivity index (χ1n) is 10.9. The monoisotopic (exact) mass is 396 g/mol. The molecule has 2 fully saturated rings. The van der Waals surface area contributed by atoms with Crippen LogP contribution in [0.25, 0.3) is 10.9 Å². The number of aromatic nitrogens is 1. The zero-order chi connectivity index (χ0) is 20.0. The Kier molecular flexibility index (Phi) is 4.82. The number of para-hydroxylation sites is 1. The van der Waals surface area contributed by atoms with Crippen molar-refractivity contribution in [3.63, 3.8) is 0 Å². The van der Waals surface area contributed by atoms with Crippen LogP contribution in [0.4, 0.5) is 0 Å². The summed E-state index contributed by atoms with van der Waals surface area (Å²) in [6, 6.07) is 6.05. The molecule has 0 radical (unpaired) electrons. The molecule has 29 heavy (non-hydrogen) atoms. The molecule has 0 spiro atoms. The summed E-state index contributed by atoms with van der Waals surface area (Å²) < 4.78 is 5.76. The highest BCUT2D eigenvalue weighted by Crippen LogP contribution is 2.35. The lowest BCUT2D eigenvalue weighted by Gasteiger charge is -2.35. The van der Waals surface area contributed by atoms with Crippen LogP contribution in [0, 0.1) is 11.8 Å². The Labute approximate surface area is 170 Å². The summed E-state index contributed by atoms with van der Waals surface area (Å²) in [5, 5.41) is 10.6. The molecule has 3 aliphatic rings. The first-order chi connectivity index (χ1) is 14.1. The number of nitrogens with one attached hydrogen (secondary N) is 1. The van der Waals surface area contributed by atoms with Crippen LogP contribution in [0.1, 0.15) is 53.7 Å². The number of carboxylic acids is 1. The summed E-state index contributed by atoms with van der Waals surface area (Å²) in [7, 11) is 0. The number of carbonyl (C=O) groups excluding carboxylic acids is 1. The lowest BCUT2D eigenvalue weighted by molar-refractivity contribution is -0.145. The highest BCUT2D eigenvalue weighted by Gasteiger charge is 2.41. The number of H-pyrrole nitrogens is 1. The van der Waals surface area contributed by atoms with Crippen molar-refractivity contribution in [3.8, 4) is 0 Å². The summed E-state index contributed by atoms with van der Waals surface area (Å²) in [4.78, 5) is 30.2. The number of benzene rings is 1. The van der Waals surface area contributed by atoms with Crippen LogP contribution >= 0.6 is 0 Å². The Bertz CT molecular complexity index is 942. The summed E-state index contributed by atoms with van der Waals surface area (Å²) in [6.45, 7) is 1.85. The number of aliphatic carboxylic acids is 1. The Balaban J connectivity index is 1.32. The molecule has 2 N–H and O–H groups in total. The number of carbonyl (C=O) groups is 2. The van der Waals surface area contributed by atoms with Crippen molar-refractivity contribution in [1.82, 2.24) is 9.88 Å². The minimum atomic E-state index is -0.756. The fourth-order valence-electron chi connectivity index (χ4n) is 5.55. The van der Waals surface area contributed by atoms with Crippen LogP contribution in [0.5, 0.6) is 0 Å². The van der Waals surface area contributed by atoms with Gasteiger partial charge in [0.2, 0.25) is 0 Å². The van der Waals surface area contributed by atoms with Crippen molar-refractivity contribution in [2.24, 2.45) is 11.8 Å². The van der Waals surface area contributed by atoms with Gasteiger partial charge in [0.25, 0.3) is 5.91 Å². The van der Waals surface area contributed by atoms with E-state index < -0.39 is 11.9 Å². The fourth-order valence-corrected chi connectivity index (χ4v) is 5.55. The van der Waals surface area contributed by atoms with E-state index in [1.165, 1.54) is 29.5 Å². The number of hydrogen-bond acceptors (Lipinski definition) is 3. The third-order valence-electron chi connectivity index (χ3n) is 7.11. The van der Waals surface area contributed by atoms with Crippen molar-refractivity contribution in [3.05, 3.63) is 35.0 Å². The van der Waals surface area contributed by atoms with E-state index in [0.717, 1.165) is 36.8 Å². The van der Waals surface area contributed by atoms with Crippen LogP contribution in [-0.2, 0) is 22.4 Å². The molecular weight excluding hydrogens is 368 g/mol. The first kappa shape index (κ1) is 18.7. The van der Waals surface area contributed by atoms with Crippen LogP contribution in [0.3, 0.4) is 0 Å². The lowest BCUT2D eigenvalue weighted by atomic mass is 9.84. The number of carboxylic acid groups (broad SMARTS) is 1. The van der Waals surface area contributed by atoms with Crippen molar-refractivity contribution in [2.75, 3.05) is 19.7 Å². The number of rotatable bonds is 3. The van der Waals surface area contributed by atoms with E-state index in [0.29, 0.717) is 26.1 Å². The highest BCUT2D eigenvalue weighted by molar-refractivity contribution is 6.06. The molecule has 0 unspecified atom stereocenters. The van der Waals surface area contributed by atoms with E-state index in [4.69, 9.17) is 4.74 Å². The van der Waals surface area contributed by atoms with Gasteiger partial charge < -0.3 is 19.7 Å². The van der Waals surface area contributed by atoms with Gasteiger partial charge in [-0.2, -0.15) is 0 Å². The second-order valence-corrected chi connectivity index (χ2v) is 8.72. The van der Waals surface area contributed by atoms with Gasteiger partial charge in [0, 0.05) is 30.8 Å². The maximum atomic E-state index is 13.3. The van der Waals surface area contributed by atoms with E-state index in [-0.39, 0.29) is 17.9 Å². The number of hydrogen-bond donors (Lipinski definition) is 2. The van der Waals surface area contributed by atoms with Gasteiger partial charge in [0.1, 0.15) is 0 Å². The molecule has 0 bridgehead atoms. The minimum absolute atomic E-state index is 0.0785. The molecule has 2 atom stereocenters. The molecule has 1 aliphatic carbocycles. The molecule has 0 saturated carbocycles. The average molecular weight is 396 g/mol. The zero-order valence-corrected chi connectivity index (χ0v) is 16.7. The topological polar surface area (TPSA) is 82.6 Å². The van der Waals surface area contributed by atoms with Crippen molar-refractivity contribution < 1.29 is 19.4 Å². The normalized spacial score (nSPS) is 25.3. The van der Waals surface area contributed by atoms with Crippen LogP contribution < -0.4 is 0 Å². The lowest BCUT2D eigenvalue weighted by Crippen LogP contribution is -2.43. The van der Waals surface area contributed by atoms with Crippen LogP contribution in [0.15, 0.2) is 18.2 Å². The molecule has 6 heteroatoms. The predicted molar refractivity (Wildman–Crippen MR) is 109 cm³/mol. The average Bonchev–Trinajstić information content (AvgIpc) is 3.38. The SMILES string of the molecule is O=C(O)[C@@H]1CCO[C@H]1C1CCN(C(=O)c2cccc3c4c([nH]c23)CCCC4)CC1. The van der Waals surface area contributed by atoms with Gasteiger partial charge in [-0.25, -0.2) is 0 Å². The van der Waals surface area contributed by atoms with Gasteiger partial charge in [-0.3, -0.25) is 9.59 Å². The Hall–Kier alpha value is -2.34. The number of piperidine rings is 1. The smallest absolute Gasteiger partial charge is 0.309 e. The third kappa shape index (κ3) is 3.23. The molecule has 2 saturated heterocycles. The fraction of sp³-hybridized carbons (Fsp3) is 0.565. The Morgan fingerprint density at radius 3 is 2.69 bits per heavy atom. The van der Waals surface area contributed by atoms with Crippen molar-refractivity contribution in [1.29, 1.82) is 0 Å². The summed E-state index contributed by atoms with van der Waals surface area (Å²) in [6.07, 6.45) is 6.57. The predicted octanol–water partition coefficient (Wildman–Crippen LogP) is 3.39. The second-order valence-electron chi connectivity index (χ2n) is 8.72. The second kappa shape index (κ2) is 7.48. The number of fused-ring (bicyclic) bond motifs is 3. The molecule has 2 aromatic rings. The molecule has 5 rings (SSSR count). The van der Waals surface area contributed by atoms with E-state index in [9.17, 15) is 14.7 Å². The summed E-state index contributed by atoms with van der Waals surface area (Å²) >= 11 is 0. The third-order valence-corrected chi connectivity index (χ3v) is 7.11. The van der Waals surface area contributed by atoms with Gasteiger partial charge in [-0.05, 0) is 62.5 Å². The van der Waals surface area contributed by atoms with Gasteiger partial charge in [0.05, 0.1) is 23.1 Å². The maximum absolute atomic E-state index is 13.3. The van der Waals surface area contributed by atoms with E-state index in [1.807, 2.05) is 17.0 Å². The molecule has 1 amide bonds. The van der Waals surface area contributed by atoms with Crippen molar-refractivity contribution >= 4 is 22.8 Å². The zero-order valence-electron chi connectivity index (χ0n) is 16.7. The molecule has 1 aromatic carbocycles. The Morgan fingerprint density at radius 2 is 1.90 bits per heavy atom. The number of amides is 1. The number of aryl methyl sites for hydroxylation is 2. The number of nitrogens with zero attached hydrogens (tertiary/aromatic N) is 1. The quantitative estimate of drug-likeness (QED) is 0.833.